The van der Waals surface area contributed by atoms with E-state index in [2.05, 4.69) is 57.4 Å². The number of aryl methyl sites for hydroxylation is 1. The lowest BCUT2D eigenvalue weighted by Gasteiger charge is -2.11. The number of halogens is 1. The molecule has 21 heavy (non-hydrogen) atoms. The van der Waals surface area contributed by atoms with Crippen LogP contribution in [-0.4, -0.2) is 21.3 Å². The van der Waals surface area contributed by atoms with Crippen LogP contribution in [0, 0.1) is 5.92 Å². The van der Waals surface area contributed by atoms with Gasteiger partial charge in [-0.1, -0.05) is 19.9 Å². The number of benzene rings is 1. The fraction of sp³-hybridized carbons (Fsp3) is 0.467. The highest BCUT2D eigenvalue weighted by Gasteiger charge is 2.06. The molecule has 1 heterocycles. The molecule has 0 saturated heterocycles. The van der Waals surface area contributed by atoms with Crippen LogP contribution in [0.3, 0.4) is 0 Å². The third-order valence-electron chi connectivity index (χ3n) is 3.04. The molecule has 2 aromatic rings. The molecule has 0 aliphatic rings. The summed E-state index contributed by atoms with van der Waals surface area (Å²) in [5.74, 6) is 2.26. The summed E-state index contributed by atoms with van der Waals surface area (Å²) in [5.41, 5.74) is 1.23. The maximum Gasteiger partial charge on any atom is 0.170 e. The van der Waals surface area contributed by atoms with E-state index >= 15 is 0 Å². The summed E-state index contributed by atoms with van der Waals surface area (Å²) in [6.45, 7) is 6.68. The van der Waals surface area contributed by atoms with Crippen molar-refractivity contribution in [1.82, 2.24) is 20.1 Å². The Labute approximate surface area is 133 Å². The molecule has 1 aromatic carbocycles. The van der Waals surface area contributed by atoms with Gasteiger partial charge in [-0.2, -0.15) is 0 Å². The molecule has 1 aromatic heterocycles. The van der Waals surface area contributed by atoms with E-state index < -0.39 is 0 Å². The van der Waals surface area contributed by atoms with Gasteiger partial charge in [-0.25, -0.2) is 0 Å². The molecule has 0 radical (unpaired) electrons. The molecule has 6 heteroatoms. The first-order valence-electron chi connectivity index (χ1n) is 7.01. The number of hydrogen-bond donors (Lipinski definition) is 1. The fourth-order valence-electron chi connectivity index (χ4n) is 1.86. The van der Waals surface area contributed by atoms with Crippen LogP contribution < -0.4 is 10.1 Å². The van der Waals surface area contributed by atoms with E-state index in [-0.39, 0.29) is 0 Å². The van der Waals surface area contributed by atoms with Crippen molar-refractivity contribution in [2.24, 2.45) is 13.0 Å². The molecule has 0 aliphatic heterocycles. The average molecular weight is 353 g/mol. The van der Waals surface area contributed by atoms with Crippen LogP contribution >= 0.6 is 15.9 Å². The zero-order chi connectivity index (χ0) is 15.2. The Balaban J connectivity index is 1.91. The highest BCUT2D eigenvalue weighted by Crippen LogP contribution is 2.26. The Kier molecular flexibility index (Phi) is 5.76. The summed E-state index contributed by atoms with van der Waals surface area (Å²) >= 11 is 3.56. The first-order chi connectivity index (χ1) is 10.1. The number of aromatic nitrogens is 3. The van der Waals surface area contributed by atoms with Crippen molar-refractivity contribution in [3.63, 3.8) is 0 Å². The van der Waals surface area contributed by atoms with Gasteiger partial charge < -0.3 is 14.6 Å². The second kappa shape index (κ2) is 7.56. The Hall–Kier alpha value is -1.40. The number of nitrogens with zero attached hydrogens (tertiary/aromatic N) is 3. The standard InChI is InChI=1S/C15H21BrN4O/c1-11(2)7-17-8-12-4-5-14(13(16)6-12)21-9-15-19-18-10-20(15)3/h4-6,10-11,17H,7-9H2,1-3H3. The quantitative estimate of drug-likeness (QED) is 0.832. The summed E-state index contributed by atoms with van der Waals surface area (Å²) in [4.78, 5) is 0. The number of nitrogens with one attached hydrogen (secondary N) is 1. The minimum absolute atomic E-state index is 0.403. The van der Waals surface area contributed by atoms with E-state index in [1.807, 2.05) is 17.7 Å². The van der Waals surface area contributed by atoms with Crippen molar-refractivity contribution < 1.29 is 4.74 Å². The minimum atomic E-state index is 0.403. The van der Waals surface area contributed by atoms with E-state index in [9.17, 15) is 0 Å². The van der Waals surface area contributed by atoms with Gasteiger partial charge in [-0.05, 0) is 46.1 Å². The van der Waals surface area contributed by atoms with Crippen molar-refractivity contribution in [3.8, 4) is 5.75 Å². The predicted molar refractivity (Wildman–Crippen MR) is 86.0 cm³/mol. The lowest BCUT2D eigenvalue weighted by molar-refractivity contribution is 0.289. The Morgan fingerprint density at radius 3 is 2.81 bits per heavy atom. The molecule has 0 saturated carbocycles. The Bertz CT molecular complexity index is 583. The first-order valence-corrected chi connectivity index (χ1v) is 7.80. The van der Waals surface area contributed by atoms with Crippen LogP contribution in [0.4, 0.5) is 0 Å². The molecule has 5 nitrogen and oxygen atoms in total. The first kappa shape index (κ1) is 16.0. The monoisotopic (exact) mass is 352 g/mol. The number of hydrogen-bond acceptors (Lipinski definition) is 4. The number of rotatable bonds is 7. The normalized spacial score (nSPS) is 11.1. The zero-order valence-corrected chi connectivity index (χ0v) is 14.2. The topological polar surface area (TPSA) is 52.0 Å². The molecule has 2 rings (SSSR count). The van der Waals surface area contributed by atoms with Crippen molar-refractivity contribution in [3.05, 3.63) is 40.4 Å². The summed E-state index contributed by atoms with van der Waals surface area (Å²) in [5, 5.41) is 11.3. The van der Waals surface area contributed by atoms with Gasteiger partial charge >= 0.3 is 0 Å². The van der Waals surface area contributed by atoms with Crippen LogP contribution in [0.25, 0.3) is 0 Å². The third-order valence-corrected chi connectivity index (χ3v) is 3.66. The molecule has 1 N–H and O–H groups in total. The highest BCUT2D eigenvalue weighted by molar-refractivity contribution is 9.10. The third kappa shape index (κ3) is 4.82. The van der Waals surface area contributed by atoms with E-state index in [1.165, 1.54) is 5.56 Å². The van der Waals surface area contributed by atoms with Crippen LogP contribution in [0.5, 0.6) is 5.75 Å². The second-order valence-electron chi connectivity index (χ2n) is 5.44. The maximum absolute atomic E-state index is 5.77. The van der Waals surface area contributed by atoms with Gasteiger partial charge in [0.25, 0.3) is 0 Å². The molecule has 0 fully saturated rings. The van der Waals surface area contributed by atoms with Gasteiger partial charge in [-0.3, -0.25) is 0 Å². The molecule has 0 atom stereocenters. The second-order valence-corrected chi connectivity index (χ2v) is 6.29. The molecule has 114 valence electrons. The van der Waals surface area contributed by atoms with E-state index in [0.29, 0.717) is 12.5 Å². The largest absolute Gasteiger partial charge is 0.484 e. The van der Waals surface area contributed by atoms with Crippen molar-refractivity contribution >= 4 is 15.9 Å². The molecule has 0 amide bonds. The lowest BCUT2D eigenvalue weighted by atomic mass is 10.2. The summed E-state index contributed by atoms with van der Waals surface area (Å²) in [6, 6.07) is 6.14. The van der Waals surface area contributed by atoms with E-state index in [4.69, 9.17) is 4.74 Å². The smallest absolute Gasteiger partial charge is 0.170 e. The predicted octanol–water partition coefficient (Wildman–Crippen LogP) is 2.90. The summed E-state index contributed by atoms with van der Waals surface area (Å²) in [6.07, 6.45) is 1.66. The molecular formula is C15H21BrN4O. The van der Waals surface area contributed by atoms with Crippen molar-refractivity contribution in [2.45, 2.75) is 27.0 Å². The number of ether oxygens (including phenoxy) is 1. The summed E-state index contributed by atoms with van der Waals surface area (Å²) in [7, 11) is 1.90. The van der Waals surface area contributed by atoms with Crippen LogP contribution in [0.15, 0.2) is 29.0 Å². The van der Waals surface area contributed by atoms with E-state index in [1.54, 1.807) is 6.33 Å². The lowest BCUT2D eigenvalue weighted by Crippen LogP contribution is -2.18. The SMILES string of the molecule is CC(C)CNCc1ccc(OCc2nncn2C)c(Br)c1. The fourth-order valence-corrected chi connectivity index (χ4v) is 2.40. The van der Waals surface area contributed by atoms with Gasteiger partial charge in [0.15, 0.2) is 5.82 Å². The Morgan fingerprint density at radius 2 is 2.19 bits per heavy atom. The minimum Gasteiger partial charge on any atom is -0.484 e. The summed E-state index contributed by atoms with van der Waals surface area (Å²) < 4.78 is 8.57. The molecule has 0 bridgehead atoms. The van der Waals surface area contributed by atoms with Gasteiger partial charge in [0.2, 0.25) is 0 Å². The van der Waals surface area contributed by atoms with Crippen LogP contribution in [0.1, 0.15) is 25.2 Å². The van der Waals surface area contributed by atoms with Crippen molar-refractivity contribution in [2.75, 3.05) is 6.54 Å². The highest BCUT2D eigenvalue weighted by atomic mass is 79.9. The van der Waals surface area contributed by atoms with Gasteiger partial charge in [0, 0.05) is 13.6 Å². The average Bonchev–Trinajstić information content (AvgIpc) is 2.83. The van der Waals surface area contributed by atoms with Gasteiger partial charge in [0.05, 0.1) is 4.47 Å². The molecular weight excluding hydrogens is 332 g/mol. The van der Waals surface area contributed by atoms with Gasteiger partial charge in [0.1, 0.15) is 18.7 Å². The van der Waals surface area contributed by atoms with Crippen molar-refractivity contribution in [1.29, 1.82) is 0 Å². The zero-order valence-electron chi connectivity index (χ0n) is 12.6. The van der Waals surface area contributed by atoms with Crippen LogP contribution in [-0.2, 0) is 20.2 Å². The Morgan fingerprint density at radius 1 is 1.38 bits per heavy atom. The van der Waals surface area contributed by atoms with Gasteiger partial charge in [-0.15, -0.1) is 10.2 Å². The molecule has 0 unspecified atom stereocenters. The van der Waals surface area contributed by atoms with Crippen LogP contribution in [0.2, 0.25) is 0 Å². The molecule has 0 spiro atoms. The molecule has 0 aliphatic carbocycles. The maximum atomic E-state index is 5.77. The van der Waals surface area contributed by atoms with E-state index in [0.717, 1.165) is 29.1 Å².